The third-order valence-electron chi connectivity index (χ3n) is 2.91. The Hall–Kier alpha value is -1.53. The lowest BCUT2D eigenvalue weighted by Gasteiger charge is -2.23. The van der Waals surface area contributed by atoms with Gasteiger partial charge in [0.1, 0.15) is 0 Å². The number of carbonyl (C=O) groups is 1. The predicted molar refractivity (Wildman–Crippen MR) is 65.7 cm³/mol. The highest BCUT2D eigenvalue weighted by molar-refractivity contribution is 5.78. The van der Waals surface area contributed by atoms with Gasteiger partial charge >= 0.3 is 0 Å². The van der Waals surface area contributed by atoms with Crippen molar-refractivity contribution >= 4 is 5.91 Å². The highest BCUT2D eigenvalue weighted by atomic mass is 19.2. The third kappa shape index (κ3) is 3.97. The van der Waals surface area contributed by atoms with Crippen LogP contribution in [0.2, 0.25) is 0 Å². The molecule has 1 aromatic carbocycles. The first-order valence-corrected chi connectivity index (χ1v) is 6.18. The van der Waals surface area contributed by atoms with Gasteiger partial charge in [-0.15, -0.1) is 0 Å². The lowest BCUT2D eigenvalue weighted by molar-refractivity contribution is -0.121. The number of amides is 1. The Morgan fingerprint density at radius 3 is 3.05 bits per heavy atom. The van der Waals surface area contributed by atoms with Crippen molar-refractivity contribution in [3.63, 3.8) is 0 Å². The van der Waals surface area contributed by atoms with Crippen LogP contribution in [0.3, 0.4) is 0 Å². The van der Waals surface area contributed by atoms with Gasteiger partial charge in [-0.05, 0) is 6.07 Å². The summed E-state index contributed by atoms with van der Waals surface area (Å²) in [5.74, 6) is -2.25. The molecule has 2 N–H and O–H groups in total. The molecule has 0 radical (unpaired) electrons. The quantitative estimate of drug-likeness (QED) is 0.843. The molecule has 1 amide bonds. The molecule has 1 unspecified atom stereocenters. The van der Waals surface area contributed by atoms with E-state index in [2.05, 4.69) is 10.6 Å². The zero-order valence-corrected chi connectivity index (χ0v) is 10.4. The molecule has 0 saturated carbocycles. The topological polar surface area (TPSA) is 50.4 Å². The Balaban J connectivity index is 1.82. The Morgan fingerprint density at radius 1 is 1.47 bits per heavy atom. The van der Waals surface area contributed by atoms with Gasteiger partial charge in [0.15, 0.2) is 11.6 Å². The fraction of sp³-hybridized carbons (Fsp3) is 0.462. The fourth-order valence-corrected chi connectivity index (χ4v) is 1.90. The highest BCUT2D eigenvalue weighted by Crippen LogP contribution is 2.11. The van der Waals surface area contributed by atoms with Crippen LogP contribution in [0, 0.1) is 11.6 Å². The van der Waals surface area contributed by atoms with E-state index in [1.165, 1.54) is 12.1 Å². The molecular formula is C13H16F2N2O2. The smallest absolute Gasteiger partial charge is 0.224 e. The van der Waals surface area contributed by atoms with Crippen LogP contribution in [-0.2, 0) is 16.0 Å². The summed E-state index contributed by atoms with van der Waals surface area (Å²) >= 11 is 0. The van der Waals surface area contributed by atoms with Crippen LogP contribution in [0.25, 0.3) is 0 Å². The summed E-state index contributed by atoms with van der Waals surface area (Å²) in [6.07, 6.45) is -0.251. The van der Waals surface area contributed by atoms with Gasteiger partial charge in [-0.2, -0.15) is 0 Å². The van der Waals surface area contributed by atoms with Crippen LogP contribution in [0.1, 0.15) is 5.56 Å². The maximum absolute atomic E-state index is 13.4. The molecule has 1 heterocycles. The summed E-state index contributed by atoms with van der Waals surface area (Å²) in [5, 5.41) is 5.79. The van der Waals surface area contributed by atoms with Crippen molar-refractivity contribution < 1.29 is 18.3 Å². The van der Waals surface area contributed by atoms with Gasteiger partial charge in [-0.1, -0.05) is 12.1 Å². The molecule has 1 atom stereocenters. The van der Waals surface area contributed by atoms with Gasteiger partial charge in [-0.25, -0.2) is 8.78 Å². The average molecular weight is 270 g/mol. The predicted octanol–water partition coefficient (Wildman–Crippen LogP) is 0.612. The van der Waals surface area contributed by atoms with Crippen LogP contribution >= 0.6 is 0 Å². The fourth-order valence-electron chi connectivity index (χ4n) is 1.90. The molecule has 1 aromatic rings. The first kappa shape index (κ1) is 13.9. The van der Waals surface area contributed by atoms with E-state index in [0.29, 0.717) is 19.7 Å². The van der Waals surface area contributed by atoms with Crippen molar-refractivity contribution in [1.29, 1.82) is 0 Å². The van der Waals surface area contributed by atoms with Crippen LogP contribution in [0.5, 0.6) is 0 Å². The molecule has 1 saturated heterocycles. The number of carbonyl (C=O) groups excluding carboxylic acids is 1. The number of morpholine rings is 1. The average Bonchev–Trinajstić information content (AvgIpc) is 2.43. The van der Waals surface area contributed by atoms with E-state index in [-0.39, 0.29) is 24.0 Å². The summed E-state index contributed by atoms with van der Waals surface area (Å²) in [7, 11) is 0. The first-order chi connectivity index (χ1) is 9.16. The van der Waals surface area contributed by atoms with E-state index in [0.717, 1.165) is 12.6 Å². The van der Waals surface area contributed by atoms with Crippen LogP contribution < -0.4 is 10.6 Å². The Kier molecular flexibility index (Phi) is 4.81. The summed E-state index contributed by atoms with van der Waals surface area (Å²) in [6, 6.07) is 3.81. The third-order valence-corrected chi connectivity index (χ3v) is 2.91. The number of benzene rings is 1. The monoisotopic (exact) mass is 270 g/mol. The number of nitrogens with one attached hydrogen (secondary N) is 2. The molecule has 19 heavy (non-hydrogen) atoms. The number of hydrogen-bond donors (Lipinski definition) is 2. The summed E-state index contributed by atoms with van der Waals surface area (Å²) in [4.78, 5) is 11.6. The lowest BCUT2D eigenvalue weighted by Crippen LogP contribution is -2.45. The van der Waals surface area contributed by atoms with E-state index in [4.69, 9.17) is 4.74 Å². The van der Waals surface area contributed by atoms with Gasteiger partial charge < -0.3 is 15.4 Å². The second-order valence-corrected chi connectivity index (χ2v) is 4.39. The lowest BCUT2D eigenvalue weighted by atomic mass is 10.1. The van der Waals surface area contributed by atoms with E-state index in [1.807, 2.05) is 0 Å². The Labute approximate surface area is 110 Å². The maximum Gasteiger partial charge on any atom is 0.224 e. The number of hydrogen-bond acceptors (Lipinski definition) is 3. The largest absolute Gasteiger partial charge is 0.374 e. The van der Waals surface area contributed by atoms with E-state index >= 15 is 0 Å². The molecule has 1 fully saturated rings. The van der Waals surface area contributed by atoms with Crippen molar-refractivity contribution in [2.75, 3.05) is 26.2 Å². The van der Waals surface area contributed by atoms with Crippen molar-refractivity contribution in [2.24, 2.45) is 0 Å². The minimum atomic E-state index is -0.965. The molecule has 104 valence electrons. The van der Waals surface area contributed by atoms with Gasteiger partial charge in [0.05, 0.1) is 19.1 Å². The van der Waals surface area contributed by atoms with Gasteiger partial charge in [0, 0.05) is 25.2 Å². The molecule has 0 bridgehead atoms. The standard InChI is InChI=1S/C13H16F2N2O2/c14-11-3-1-2-9(13(11)15)6-12(18)17-8-10-7-16-4-5-19-10/h1-3,10,16H,4-8H2,(H,17,18). The minimum absolute atomic E-state index is 0.0557. The molecule has 6 heteroatoms. The zero-order valence-electron chi connectivity index (χ0n) is 10.4. The van der Waals surface area contributed by atoms with Crippen molar-refractivity contribution in [1.82, 2.24) is 10.6 Å². The minimum Gasteiger partial charge on any atom is -0.374 e. The number of rotatable bonds is 4. The normalized spacial score (nSPS) is 19.2. The van der Waals surface area contributed by atoms with Gasteiger partial charge in [0.2, 0.25) is 5.91 Å². The Morgan fingerprint density at radius 2 is 2.32 bits per heavy atom. The van der Waals surface area contributed by atoms with Gasteiger partial charge in [0.25, 0.3) is 0 Å². The van der Waals surface area contributed by atoms with Gasteiger partial charge in [-0.3, -0.25) is 4.79 Å². The Bertz CT molecular complexity index is 448. The summed E-state index contributed by atoms with van der Waals surface area (Å²) in [6.45, 7) is 2.45. The molecule has 1 aliphatic heterocycles. The van der Waals surface area contributed by atoms with Crippen LogP contribution in [-0.4, -0.2) is 38.3 Å². The van der Waals surface area contributed by atoms with Crippen molar-refractivity contribution in [2.45, 2.75) is 12.5 Å². The molecule has 1 aliphatic rings. The molecule has 0 aromatic heterocycles. The molecule has 0 aliphatic carbocycles. The zero-order chi connectivity index (χ0) is 13.7. The first-order valence-electron chi connectivity index (χ1n) is 6.18. The number of ether oxygens (including phenoxy) is 1. The van der Waals surface area contributed by atoms with Crippen molar-refractivity contribution in [3.05, 3.63) is 35.4 Å². The summed E-state index contributed by atoms with van der Waals surface area (Å²) in [5.41, 5.74) is 0.0557. The molecule has 2 rings (SSSR count). The van der Waals surface area contributed by atoms with Crippen LogP contribution in [0.4, 0.5) is 8.78 Å². The highest BCUT2D eigenvalue weighted by Gasteiger charge is 2.15. The maximum atomic E-state index is 13.4. The molecule has 0 spiro atoms. The molecule has 4 nitrogen and oxygen atoms in total. The second-order valence-electron chi connectivity index (χ2n) is 4.39. The van der Waals surface area contributed by atoms with E-state index in [1.54, 1.807) is 0 Å². The van der Waals surface area contributed by atoms with E-state index < -0.39 is 11.6 Å². The second kappa shape index (κ2) is 6.58. The van der Waals surface area contributed by atoms with E-state index in [9.17, 15) is 13.6 Å². The van der Waals surface area contributed by atoms with Crippen molar-refractivity contribution in [3.8, 4) is 0 Å². The van der Waals surface area contributed by atoms with Crippen LogP contribution in [0.15, 0.2) is 18.2 Å². The summed E-state index contributed by atoms with van der Waals surface area (Å²) < 4.78 is 31.7. The molecular weight excluding hydrogens is 254 g/mol. The number of halogens is 2. The SMILES string of the molecule is O=C(Cc1cccc(F)c1F)NCC1CNCCO1.